The largest absolute Gasteiger partial charge is 0.0843 e. The van der Waals surface area contributed by atoms with Crippen molar-refractivity contribution in [3.63, 3.8) is 0 Å². The minimum atomic E-state index is 0.788. The van der Waals surface area contributed by atoms with Crippen molar-refractivity contribution < 1.29 is 0 Å². The Morgan fingerprint density at radius 3 is 1.76 bits per heavy atom. The summed E-state index contributed by atoms with van der Waals surface area (Å²) in [6, 6.07) is 14.9. The smallest absolute Gasteiger partial charge is 0.0406 e. The van der Waals surface area contributed by atoms with E-state index in [9.17, 15) is 0 Å². The Morgan fingerprint density at radius 1 is 0.765 bits per heavy atom. The van der Waals surface area contributed by atoms with Gasteiger partial charge in [-0.1, -0.05) is 55.8 Å². The molecule has 0 aliphatic carbocycles. The van der Waals surface area contributed by atoms with E-state index in [1.165, 1.54) is 22.3 Å². The Morgan fingerprint density at radius 2 is 1.29 bits per heavy atom. The Labute approximate surface area is 108 Å². The molecule has 0 saturated heterocycles. The molecule has 0 heterocycles. The average molecular weight is 245 g/mol. The van der Waals surface area contributed by atoms with Gasteiger partial charge in [-0.15, -0.1) is 0 Å². The molecule has 0 radical (unpaired) electrons. The zero-order valence-electron chi connectivity index (χ0n) is 10.3. The lowest BCUT2D eigenvalue weighted by molar-refractivity contribution is 1.09. The van der Waals surface area contributed by atoms with Crippen molar-refractivity contribution in [3.05, 3.63) is 58.6 Å². The van der Waals surface area contributed by atoms with Crippen molar-refractivity contribution in [2.45, 2.75) is 26.7 Å². The minimum Gasteiger partial charge on any atom is -0.0843 e. The first-order chi connectivity index (χ1) is 8.22. The van der Waals surface area contributed by atoms with Gasteiger partial charge in [-0.2, -0.15) is 0 Å². The van der Waals surface area contributed by atoms with Crippen LogP contribution in [0.3, 0.4) is 0 Å². The van der Waals surface area contributed by atoms with E-state index in [0.29, 0.717) is 0 Å². The zero-order valence-corrected chi connectivity index (χ0v) is 11.1. The highest BCUT2D eigenvalue weighted by Gasteiger charge is 2.02. The molecule has 0 bridgehead atoms. The van der Waals surface area contributed by atoms with E-state index >= 15 is 0 Å². The fourth-order valence-corrected chi connectivity index (χ4v) is 2.11. The second-order valence-corrected chi connectivity index (χ2v) is 4.69. The number of benzene rings is 2. The molecule has 0 fully saturated rings. The van der Waals surface area contributed by atoms with E-state index in [-0.39, 0.29) is 0 Å². The van der Waals surface area contributed by atoms with Gasteiger partial charge in [0, 0.05) is 5.02 Å². The third-order valence-electron chi connectivity index (χ3n) is 3.05. The van der Waals surface area contributed by atoms with Gasteiger partial charge in [-0.3, -0.25) is 0 Å². The molecule has 0 saturated carbocycles. The molecule has 2 aromatic carbocycles. The van der Waals surface area contributed by atoms with Gasteiger partial charge in [0.2, 0.25) is 0 Å². The van der Waals surface area contributed by atoms with Gasteiger partial charge in [0.05, 0.1) is 0 Å². The van der Waals surface area contributed by atoms with Crippen molar-refractivity contribution in [1.29, 1.82) is 0 Å². The molecule has 0 aliphatic heterocycles. The predicted molar refractivity (Wildman–Crippen MR) is 75.6 cm³/mol. The Kier molecular flexibility index (Phi) is 3.86. The molecule has 0 atom stereocenters. The fourth-order valence-electron chi connectivity index (χ4n) is 1.98. The van der Waals surface area contributed by atoms with Crippen LogP contribution in [0.1, 0.15) is 25.0 Å². The predicted octanol–water partition coefficient (Wildman–Crippen LogP) is 5.13. The highest BCUT2D eigenvalue weighted by Crippen LogP contribution is 2.24. The Hall–Kier alpha value is -1.27. The quantitative estimate of drug-likeness (QED) is 0.702. The lowest BCUT2D eigenvalue weighted by Gasteiger charge is -2.08. The highest BCUT2D eigenvalue weighted by atomic mass is 35.5. The summed E-state index contributed by atoms with van der Waals surface area (Å²) in [5.74, 6) is 0. The van der Waals surface area contributed by atoms with Gasteiger partial charge in [-0.25, -0.2) is 0 Å². The lowest BCUT2D eigenvalue weighted by atomic mass is 9.98. The van der Waals surface area contributed by atoms with Crippen molar-refractivity contribution >= 4 is 11.6 Å². The summed E-state index contributed by atoms with van der Waals surface area (Å²) in [5, 5.41) is 0.788. The maximum absolute atomic E-state index is 5.92. The molecule has 0 unspecified atom stereocenters. The van der Waals surface area contributed by atoms with Crippen LogP contribution in [-0.2, 0) is 12.8 Å². The van der Waals surface area contributed by atoms with Crippen molar-refractivity contribution in [3.8, 4) is 11.1 Å². The van der Waals surface area contributed by atoms with Crippen LogP contribution in [-0.4, -0.2) is 0 Å². The van der Waals surface area contributed by atoms with Gasteiger partial charge in [-0.05, 0) is 47.2 Å². The van der Waals surface area contributed by atoms with Crippen LogP contribution in [0, 0.1) is 0 Å². The molecule has 2 aromatic rings. The maximum Gasteiger partial charge on any atom is 0.0406 e. The van der Waals surface area contributed by atoms with Crippen molar-refractivity contribution in [2.75, 3.05) is 0 Å². The van der Waals surface area contributed by atoms with E-state index in [4.69, 9.17) is 11.6 Å². The summed E-state index contributed by atoms with van der Waals surface area (Å²) in [6.07, 6.45) is 2.16. The standard InChI is InChI=1S/C16H17Cl/c1-3-12-9-13(4-2)11-15(10-12)14-5-7-16(17)8-6-14/h5-11H,3-4H2,1-2H3. The maximum atomic E-state index is 5.92. The molecule has 1 heteroatoms. The van der Waals surface area contributed by atoms with Gasteiger partial charge in [0.15, 0.2) is 0 Å². The molecule has 0 aromatic heterocycles. The fraction of sp³-hybridized carbons (Fsp3) is 0.250. The molecule has 0 aliphatic rings. The summed E-state index contributed by atoms with van der Waals surface area (Å²) in [6.45, 7) is 4.39. The number of rotatable bonds is 3. The SMILES string of the molecule is CCc1cc(CC)cc(-c2ccc(Cl)cc2)c1. The van der Waals surface area contributed by atoms with Crippen LogP contribution in [0.2, 0.25) is 5.02 Å². The summed E-state index contributed by atoms with van der Waals surface area (Å²) in [5.41, 5.74) is 5.32. The summed E-state index contributed by atoms with van der Waals surface area (Å²) in [4.78, 5) is 0. The van der Waals surface area contributed by atoms with Gasteiger partial charge >= 0.3 is 0 Å². The summed E-state index contributed by atoms with van der Waals surface area (Å²) >= 11 is 5.92. The van der Waals surface area contributed by atoms with Crippen LogP contribution in [0.5, 0.6) is 0 Å². The van der Waals surface area contributed by atoms with E-state index in [0.717, 1.165) is 17.9 Å². The Bertz CT molecular complexity index is 475. The third-order valence-corrected chi connectivity index (χ3v) is 3.30. The number of aryl methyl sites for hydroxylation is 2. The van der Waals surface area contributed by atoms with Gasteiger partial charge in [0.1, 0.15) is 0 Å². The van der Waals surface area contributed by atoms with E-state index in [1.807, 2.05) is 12.1 Å². The van der Waals surface area contributed by atoms with Crippen LogP contribution >= 0.6 is 11.6 Å². The topological polar surface area (TPSA) is 0 Å². The summed E-state index contributed by atoms with van der Waals surface area (Å²) < 4.78 is 0. The third kappa shape index (κ3) is 2.89. The van der Waals surface area contributed by atoms with Crippen LogP contribution < -0.4 is 0 Å². The van der Waals surface area contributed by atoms with Crippen LogP contribution in [0.15, 0.2) is 42.5 Å². The molecule has 0 spiro atoms. The second-order valence-electron chi connectivity index (χ2n) is 4.25. The number of halogens is 1. The van der Waals surface area contributed by atoms with Crippen molar-refractivity contribution in [2.24, 2.45) is 0 Å². The molecule has 88 valence electrons. The first kappa shape index (κ1) is 12.2. The zero-order chi connectivity index (χ0) is 12.3. The van der Waals surface area contributed by atoms with Crippen molar-refractivity contribution in [1.82, 2.24) is 0 Å². The molecule has 17 heavy (non-hydrogen) atoms. The molecule has 2 rings (SSSR count). The average Bonchev–Trinajstić information content (AvgIpc) is 2.39. The lowest BCUT2D eigenvalue weighted by Crippen LogP contribution is -1.88. The molecular formula is C16H17Cl. The number of hydrogen-bond donors (Lipinski definition) is 0. The first-order valence-electron chi connectivity index (χ1n) is 6.11. The van der Waals surface area contributed by atoms with E-state index in [1.54, 1.807) is 0 Å². The highest BCUT2D eigenvalue weighted by molar-refractivity contribution is 6.30. The van der Waals surface area contributed by atoms with Gasteiger partial charge in [0.25, 0.3) is 0 Å². The first-order valence-corrected chi connectivity index (χ1v) is 6.49. The van der Waals surface area contributed by atoms with E-state index < -0.39 is 0 Å². The molecule has 0 nitrogen and oxygen atoms in total. The molecule has 0 N–H and O–H groups in total. The molecular weight excluding hydrogens is 228 g/mol. The Balaban J connectivity index is 2.46. The van der Waals surface area contributed by atoms with Gasteiger partial charge < -0.3 is 0 Å². The monoisotopic (exact) mass is 244 g/mol. The normalized spacial score (nSPS) is 10.5. The van der Waals surface area contributed by atoms with Crippen LogP contribution in [0.4, 0.5) is 0 Å². The molecule has 0 amide bonds. The van der Waals surface area contributed by atoms with E-state index in [2.05, 4.69) is 44.2 Å². The summed E-state index contributed by atoms with van der Waals surface area (Å²) in [7, 11) is 0. The minimum absolute atomic E-state index is 0.788. The number of hydrogen-bond acceptors (Lipinski definition) is 0. The van der Waals surface area contributed by atoms with Crippen LogP contribution in [0.25, 0.3) is 11.1 Å². The second kappa shape index (κ2) is 5.37.